The Balaban J connectivity index is 2.28. The molecule has 27 heavy (non-hydrogen) atoms. The van der Waals surface area contributed by atoms with E-state index < -0.39 is 18.1 Å². The quantitative estimate of drug-likeness (QED) is 0.633. The minimum atomic E-state index is -4.78. The molecule has 4 nitrogen and oxygen atoms in total. The predicted molar refractivity (Wildman–Crippen MR) is 97.2 cm³/mol. The molecule has 0 spiro atoms. The van der Waals surface area contributed by atoms with Gasteiger partial charge in [-0.15, -0.1) is 13.2 Å². The molecule has 1 aromatic carbocycles. The van der Waals surface area contributed by atoms with Gasteiger partial charge in [0, 0.05) is 12.6 Å². The topological polar surface area (TPSA) is 38.8 Å². The van der Waals surface area contributed by atoms with Gasteiger partial charge in [-0.25, -0.2) is 4.79 Å². The fourth-order valence-electron chi connectivity index (χ4n) is 3.16. The second-order valence-corrected chi connectivity index (χ2v) is 7.71. The van der Waals surface area contributed by atoms with Crippen molar-refractivity contribution >= 4 is 12.2 Å². The molecule has 1 amide bonds. The second kappa shape index (κ2) is 8.23. The number of carbonyl (C=O) groups excluding carboxylic acids is 1. The summed E-state index contributed by atoms with van der Waals surface area (Å²) < 4.78 is 47.4. The van der Waals surface area contributed by atoms with Crippen molar-refractivity contribution in [3.05, 3.63) is 35.9 Å². The van der Waals surface area contributed by atoms with Gasteiger partial charge >= 0.3 is 12.5 Å². The van der Waals surface area contributed by atoms with E-state index in [1.165, 1.54) is 18.2 Å². The van der Waals surface area contributed by atoms with Crippen molar-refractivity contribution in [2.45, 2.75) is 71.0 Å². The summed E-state index contributed by atoms with van der Waals surface area (Å²) in [5, 5.41) is 0. The van der Waals surface area contributed by atoms with E-state index in [1.807, 2.05) is 0 Å². The van der Waals surface area contributed by atoms with Crippen LogP contribution in [0.4, 0.5) is 18.0 Å². The maximum Gasteiger partial charge on any atom is 0.573 e. The zero-order valence-electron chi connectivity index (χ0n) is 15.9. The maximum atomic E-state index is 12.7. The Morgan fingerprint density at radius 2 is 1.85 bits per heavy atom. The number of amides is 1. The predicted octanol–water partition coefficient (Wildman–Crippen LogP) is 5.91. The first kappa shape index (κ1) is 21.1. The Bertz CT molecular complexity index is 674. The number of halogens is 3. The molecule has 0 saturated heterocycles. The first-order valence-electron chi connectivity index (χ1n) is 8.98. The van der Waals surface area contributed by atoms with Gasteiger partial charge in [0.15, 0.2) is 0 Å². The highest BCUT2D eigenvalue weighted by molar-refractivity contribution is 5.69. The van der Waals surface area contributed by atoms with Gasteiger partial charge in [0.05, 0.1) is 0 Å². The first-order valence-corrected chi connectivity index (χ1v) is 8.98. The highest BCUT2D eigenvalue weighted by atomic mass is 19.4. The van der Waals surface area contributed by atoms with E-state index in [4.69, 9.17) is 4.74 Å². The van der Waals surface area contributed by atoms with Gasteiger partial charge in [-0.1, -0.05) is 25.5 Å². The summed E-state index contributed by atoms with van der Waals surface area (Å²) in [7, 11) is 0. The van der Waals surface area contributed by atoms with Crippen LogP contribution in [0.25, 0.3) is 6.08 Å². The third-order valence-electron chi connectivity index (χ3n) is 4.20. The van der Waals surface area contributed by atoms with Gasteiger partial charge in [0.2, 0.25) is 0 Å². The van der Waals surface area contributed by atoms with Crippen molar-refractivity contribution in [2.75, 3.05) is 0 Å². The summed E-state index contributed by atoms with van der Waals surface area (Å²) in [6, 6.07) is 4.27. The molecular weight excluding hydrogens is 359 g/mol. The van der Waals surface area contributed by atoms with Crippen LogP contribution in [-0.4, -0.2) is 29.0 Å². The van der Waals surface area contributed by atoms with Crippen LogP contribution in [0.1, 0.15) is 57.6 Å². The molecule has 0 radical (unpaired) electrons. The van der Waals surface area contributed by atoms with Crippen LogP contribution in [-0.2, 0) is 11.3 Å². The number of hydrogen-bond donors (Lipinski definition) is 0. The zero-order valence-corrected chi connectivity index (χ0v) is 15.9. The minimum absolute atomic E-state index is 0.0132. The maximum absolute atomic E-state index is 12.7. The highest BCUT2D eigenvalue weighted by Crippen LogP contribution is 2.30. The van der Waals surface area contributed by atoms with Crippen LogP contribution < -0.4 is 4.74 Å². The molecule has 1 fully saturated rings. The largest absolute Gasteiger partial charge is 0.573 e. The molecule has 2 rings (SSSR count). The number of hydrogen-bond acceptors (Lipinski definition) is 3. The van der Waals surface area contributed by atoms with E-state index in [0.29, 0.717) is 11.1 Å². The van der Waals surface area contributed by atoms with Crippen molar-refractivity contribution in [1.82, 2.24) is 4.90 Å². The molecule has 1 aliphatic carbocycles. The van der Waals surface area contributed by atoms with Crippen LogP contribution in [0.3, 0.4) is 0 Å². The van der Waals surface area contributed by atoms with E-state index in [1.54, 1.807) is 31.7 Å². The Kier molecular flexibility index (Phi) is 6.44. The summed E-state index contributed by atoms with van der Waals surface area (Å²) >= 11 is 0. The molecule has 1 aliphatic rings. The summed E-state index contributed by atoms with van der Waals surface area (Å²) in [4.78, 5) is 14.3. The average Bonchev–Trinajstić information content (AvgIpc) is 3.02. The molecule has 0 heterocycles. The molecule has 0 unspecified atom stereocenters. The summed E-state index contributed by atoms with van der Waals surface area (Å²) in [5.41, 5.74) is 0.369. The lowest BCUT2D eigenvalue weighted by Crippen LogP contribution is -2.41. The number of carbonyl (C=O) groups is 1. The Morgan fingerprint density at radius 3 is 2.37 bits per heavy atom. The second-order valence-electron chi connectivity index (χ2n) is 7.71. The fourth-order valence-corrected chi connectivity index (χ4v) is 3.16. The van der Waals surface area contributed by atoms with E-state index in [2.05, 4.69) is 11.3 Å². The molecule has 7 heteroatoms. The molecular formula is C20H26F3NO3. The highest BCUT2D eigenvalue weighted by Gasteiger charge is 2.33. The zero-order chi connectivity index (χ0) is 20.2. The van der Waals surface area contributed by atoms with Gasteiger partial charge in [0.25, 0.3) is 0 Å². The third-order valence-corrected chi connectivity index (χ3v) is 4.20. The molecule has 1 saturated carbocycles. The third kappa shape index (κ3) is 6.81. The number of ether oxygens (including phenoxy) is 2. The van der Waals surface area contributed by atoms with Gasteiger partial charge in [0.1, 0.15) is 11.4 Å². The van der Waals surface area contributed by atoms with Crippen molar-refractivity contribution < 1.29 is 27.4 Å². The van der Waals surface area contributed by atoms with E-state index in [-0.39, 0.29) is 18.3 Å². The Morgan fingerprint density at radius 1 is 1.22 bits per heavy atom. The van der Waals surface area contributed by atoms with Crippen molar-refractivity contribution in [1.29, 1.82) is 0 Å². The van der Waals surface area contributed by atoms with E-state index in [9.17, 15) is 18.0 Å². The molecule has 0 aliphatic heterocycles. The fraction of sp³-hybridized carbons (Fsp3) is 0.550. The van der Waals surface area contributed by atoms with Crippen molar-refractivity contribution in [2.24, 2.45) is 0 Å². The van der Waals surface area contributed by atoms with E-state index >= 15 is 0 Å². The number of rotatable bonds is 5. The molecule has 0 bridgehead atoms. The molecule has 0 N–H and O–H groups in total. The summed E-state index contributed by atoms with van der Waals surface area (Å²) in [5.74, 6) is -0.328. The Hall–Kier alpha value is -2.18. The van der Waals surface area contributed by atoms with Crippen molar-refractivity contribution in [3.63, 3.8) is 0 Å². The summed E-state index contributed by atoms with van der Waals surface area (Å²) in [6.45, 7) is 9.11. The minimum Gasteiger partial charge on any atom is -0.444 e. The molecule has 0 aromatic heterocycles. The Labute approximate surface area is 157 Å². The SMILES string of the molecule is C=Cc1cc(CN(C(=O)OC(C)(C)C)C2CCCC2)cc(OC(F)(F)F)c1. The standard InChI is InChI=1S/C20H26F3NO3/c1-5-14-10-15(12-17(11-14)26-20(21,22)23)13-24(16-8-6-7-9-16)18(25)27-19(2,3)4/h5,10-12,16H,1,6-9,13H2,2-4H3. The summed E-state index contributed by atoms with van der Waals surface area (Å²) in [6.07, 6.45) is -0.0683. The number of benzene rings is 1. The number of nitrogens with zero attached hydrogens (tertiary/aromatic N) is 1. The lowest BCUT2D eigenvalue weighted by Gasteiger charge is -2.32. The van der Waals surface area contributed by atoms with Crippen LogP contribution in [0.15, 0.2) is 24.8 Å². The van der Waals surface area contributed by atoms with Crippen molar-refractivity contribution in [3.8, 4) is 5.75 Å². The van der Waals surface area contributed by atoms with Crippen LogP contribution in [0.2, 0.25) is 0 Å². The lowest BCUT2D eigenvalue weighted by molar-refractivity contribution is -0.274. The van der Waals surface area contributed by atoms with Gasteiger partial charge in [-0.3, -0.25) is 0 Å². The van der Waals surface area contributed by atoms with Gasteiger partial charge in [-0.2, -0.15) is 0 Å². The number of alkyl halides is 3. The van der Waals surface area contributed by atoms with Crippen LogP contribution in [0.5, 0.6) is 5.75 Å². The van der Waals surface area contributed by atoms with E-state index in [0.717, 1.165) is 25.7 Å². The lowest BCUT2D eigenvalue weighted by atomic mass is 10.1. The van der Waals surface area contributed by atoms with Crippen LogP contribution in [0, 0.1) is 0 Å². The van der Waals surface area contributed by atoms with Crippen LogP contribution >= 0.6 is 0 Å². The van der Waals surface area contributed by atoms with Gasteiger partial charge < -0.3 is 14.4 Å². The smallest absolute Gasteiger partial charge is 0.444 e. The molecule has 150 valence electrons. The monoisotopic (exact) mass is 385 g/mol. The molecule has 0 atom stereocenters. The van der Waals surface area contributed by atoms with Gasteiger partial charge in [-0.05, 0) is 62.9 Å². The average molecular weight is 385 g/mol. The first-order chi connectivity index (χ1) is 12.5. The molecule has 1 aromatic rings. The normalized spacial score (nSPS) is 15.5.